The molecule has 0 aliphatic rings. The first-order chi connectivity index (χ1) is 14.0. The van der Waals surface area contributed by atoms with Gasteiger partial charge in [0.05, 0.1) is 44.1 Å². The van der Waals surface area contributed by atoms with Crippen LogP contribution in [0.25, 0.3) is 10.9 Å². The number of amides is 1. The molecule has 0 bridgehead atoms. The first kappa shape index (κ1) is 20.3. The van der Waals surface area contributed by atoms with E-state index in [1.165, 1.54) is 25.1 Å². The summed E-state index contributed by atoms with van der Waals surface area (Å²) in [6.45, 7) is -0.413. The van der Waals surface area contributed by atoms with E-state index in [1.54, 1.807) is 12.1 Å². The molecule has 8 heteroatoms. The van der Waals surface area contributed by atoms with Gasteiger partial charge in [0.25, 0.3) is 5.56 Å². The van der Waals surface area contributed by atoms with E-state index < -0.39 is 6.04 Å². The number of aromatic nitrogens is 2. The SMILES string of the molecule is COc1cc2ncn(CC(=O)N[C@@H](CO)Cc3ccccc3)c(=O)c2cc1OC. The summed E-state index contributed by atoms with van der Waals surface area (Å²) in [5.74, 6) is 0.488. The van der Waals surface area contributed by atoms with E-state index >= 15 is 0 Å². The smallest absolute Gasteiger partial charge is 0.261 e. The highest BCUT2D eigenvalue weighted by atomic mass is 16.5. The number of nitrogens with one attached hydrogen (secondary N) is 1. The molecule has 0 aliphatic heterocycles. The molecule has 0 saturated heterocycles. The van der Waals surface area contributed by atoms with Crippen LogP contribution >= 0.6 is 0 Å². The number of rotatable bonds is 8. The zero-order valence-electron chi connectivity index (χ0n) is 16.3. The van der Waals surface area contributed by atoms with Crippen molar-refractivity contribution in [3.8, 4) is 11.5 Å². The van der Waals surface area contributed by atoms with E-state index in [0.717, 1.165) is 5.56 Å². The second kappa shape index (κ2) is 9.20. The Morgan fingerprint density at radius 2 is 1.86 bits per heavy atom. The molecule has 0 fully saturated rings. The third-order valence-electron chi connectivity index (χ3n) is 4.55. The molecule has 2 N–H and O–H groups in total. The molecule has 152 valence electrons. The number of hydrogen-bond donors (Lipinski definition) is 2. The average molecular weight is 397 g/mol. The fourth-order valence-corrected chi connectivity index (χ4v) is 3.09. The van der Waals surface area contributed by atoms with Crippen molar-refractivity contribution < 1.29 is 19.4 Å². The molecular weight excluding hydrogens is 374 g/mol. The number of fused-ring (bicyclic) bond motifs is 1. The highest BCUT2D eigenvalue weighted by Gasteiger charge is 2.15. The number of carbonyl (C=O) groups excluding carboxylic acids is 1. The molecule has 29 heavy (non-hydrogen) atoms. The highest BCUT2D eigenvalue weighted by Crippen LogP contribution is 2.29. The van der Waals surface area contributed by atoms with Gasteiger partial charge in [-0.2, -0.15) is 0 Å². The minimum absolute atomic E-state index is 0.206. The maximum atomic E-state index is 12.8. The van der Waals surface area contributed by atoms with E-state index in [0.29, 0.717) is 28.8 Å². The number of benzene rings is 2. The monoisotopic (exact) mass is 397 g/mol. The highest BCUT2D eigenvalue weighted by molar-refractivity contribution is 5.82. The van der Waals surface area contributed by atoms with Gasteiger partial charge in [0.15, 0.2) is 11.5 Å². The molecule has 0 aliphatic carbocycles. The Labute approximate surface area is 167 Å². The van der Waals surface area contributed by atoms with Crippen molar-refractivity contribution in [3.05, 3.63) is 64.7 Å². The quantitative estimate of drug-likeness (QED) is 0.591. The van der Waals surface area contributed by atoms with E-state index in [1.807, 2.05) is 30.3 Å². The normalized spacial score (nSPS) is 11.8. The van der Waals surface area contributed by atoms with Crippen molar-refractivity contribution in [2.75, 3.05) is 20.8 Å². The number of methoxy groups -OCH3 is 2. The topological polar surface area (TPSA) is 103 Å². The van der Waals surface area contributed by atoms with Crippen molar-refractivity contribution in [1.82, 2.24) is 14.9 Å². The molecule has 0 spiro atoms. The minimum atomic E-state index is -0.446. The Morgan fingerprint density at radius 3 is 2.52 bits per heavy atom. The molecule has 1 aromatic heterocycles. The van der Waals surface area contributed by atoms with Crippen LogP contribution in [0.1, 0.15) is 5.56 Å². The van der Waals surface area contributed by atoms with Crippen LogP contribution in [0.3, 0.4) is 0 Å². The maximum Gasteiger partial charge on any atom is 0.261 e. The fourth-order valence-electron chi connectivity index (χ4n) is 3.09. The van der Waals surface area contributed by atoms with Crippen molar-refractivity contribution in [2.45, 2.75) is 19.0 Å². The molecule has 0 unspecified atom stereocenters. The van der Waals surface area contributed by atoms with Crippen molar-refractivity contribution in [1.29, 1.82) is 0 Å². The van der Waals surface area contributed by atoms with Crippen molar-refractivity contribution in [2.24, 2.45) is 0 Å². The summed E-state index contributed by atoms with van der Waals surface area (Å²) in [5.41, 5.74) is 1.08. The lowest BCUT2D eigenvalue weighted by Crippen LogP contribution is -2.42. The number of carbonyl (C=O) groups is 1. The zero-order valence-corrected chi connectivity index (χ0v) is 16.3. The van der Waals surface area contributed by atoms with Crippen molar-refractivity contribution >= 4 is 16.8 Å². The van der Waals surface area contributed by atoms with E-state index in [9.17, 15) is 14.7 Å². The molecule has 8 nitrogen and oxygen atoms in total. The summed E-state index contributed by atoms with van der Waals surface area (Å²) >= 11 is 0. The predicted octanol–water partition coefficient (Wildman–Crippen LogP) is 1.13. The van der Waals surface area contributed by atoms with Crippen LogP contribution in [0.4, 0.5) is 0 Å². The van der Waals surface area contributed by atoms with Crippen molar-refractivity contribution in [3.63, 3.8) is 0 Å². The summed E-state index contributed by atoms with van der Waals surface area (Å²) in [7, 11) is 2.98. The molecule has 0 radical (unpaired) electrons. The predicted molar refractivity (Wildman–Crippen MR) is 108 cm³/mol. The molecule has 1 atom stereocenters. The molecule has 3 rings (SSSR count). The van der Waals surface area contributed by atoms with Crippen LogP contribution in [-0.2, 0) is 17.8 Å². The van der Waals surface area contributed by atoms with Gasteiger partial charge >= 0.3 is 0 Å². The summed E-state index contributed by atoms with van der Waals surface area (Å²) < 4.78 is 11.7. The molecule has 1 heterocycles. The van der Waals surface area contributed by atoms with Crippen LogP contribution in [0, 0.1) is 0 Å². The summed E-state index contributed by atoms with van der Waals surface area (Å²) in [4.78, 5) is 29.4. The Hall–Kier alpha value is -3.39. The van der Waals surface area contributed by atoms with Gasteiger partial charge in [0, 0.05) is 6.07 Å². The maximum absolute atomic E-state index is 12.8. The van der Waals surface area contributed by atoms with E-state index in [-0.39, 0.29) is 24.6 Å². The van der Waals surface area contributed by atoms with Crippen LogP contribution < -0.4 is 20.3 Å². The molecule has 1 amide bonds. The Balaban J connectivity index is 1.77. The second-order valence-corrected chi connectivity index (χ2v) is 6.54. The van der Waals surface area contributed by atoms with Gasteiger partial charge in [-0.1, -0.05) is 30.3 Å². The lowest BCUT2D eigenvalue weighted by Gasteiger charge is -2.17. The average Bonchev–Trinajstić information content (AvgIpc) is 2.75. The first-order valence-corrected chi connectivity index (χ1v) is 9.11. The second-order valence-electron chi connectivity index (χ2n) is 6.54. The third-order valence-corrected chi connectivity index (χ3v) is 4.55. The standard InChI is InChI=1S/C21H23N3O5/c1-28-18-9-16-17(10-19(18)29-2)22-13-24(21(16)27)11-20(26)23-15(12-25)8-14-6-4-3-5-7-14/h3-7,9-10,13,15,25H,8,11-12H2,1-2H3,(H,23,26)/t15-/m1/s1. The summed E-state index contributed by atoms with van der Waals surface area (Å²) in [6.07, 6.45) is 1.81. The van der Waals surface area contributed by atoms with Gasteiger partial charge in [-0.25, -0.2) is 4.98 Å². The number of aliphatic hydroxyl groups excluding tert-OH is 1. The Bertz CT molecular complexity index is 1050. The number of ether oxygens (including phenoxy) is 2. The van der Waals surface area contributed by atoms with Gasteiger partial charge in [-0.3, -0.25) is 14.2 Å². The van der Waals surface area contributed by atoms with Crippen LogP contribution in [0.15, 0.2) is 53.6 Å². The molecular formula is C21H23N3O5. The van der Waals surface area contributed by atoms with Gasteiger partial charge in [0.2, 0.25) is 5.91 Å². The number of nitrogens with zero attached hydrogens (tertiary/aromatic N) is 2. The third kappa shape index (κ3) is 4.72. The molecule has 2 aromatic carbocycles. The Kier molecular flexibility index (Phi) is 6.46. The fraction of sp³-hybridized carbons (Fsp3) is 0.286. The number of hydrogen-bond acceptors (Lipinski definition) is 6. The zero-order chi connectivity index (χ0) is 20.8. The number of aliphatic hydroxyl groups is 1. The summed E-state index contributed by atoms with van der Waals surface area (Å²) in [6, 6.07) is 12.3. The van der Waals surface area contributed by atoms with Crippen LogP contribution in [0.2, 0.25) is 0 Å². The van der Waals surface area contributed by atoms with Crippen LogP contribution in [0.5, 0.6) is 11.5 Å². The van der Waals surface area contributed by atoms with E-state index in [2.05, 4.69) is 10.3 Å². The molecule has 0 saturated carbocycles. The van der Waals surface area contributed by atoms with Gasteiger partial charge < -0.3 is 19.9 Å². The minimum Gasteiger partial charge on any atom is -0.493 e. The van der Waals surface area contributed by atoms with E-state index in [4.69, 9.17) is 9.47 Å². The Morgan fingerprint density at radius 1 is 1.17 bits per heavy atom. The van der Waals surface area contributed by atoms with Gasteiger partial charge in [-0.15, -0.1) is 0 Å². The molecule has 3 aromatic rings. The largest absolute Gasteiger partial charge is 0.493 e. The van der Waals surface area contributed by atoms with Crippen LogP contribution in [-0.4, -0.2) is 47.4 Å². The lowest BCUT2D eigenvalue weighted by atomic mass is 10.1. The first-order valence-electron chi connectivity index (χ1n) is 9.11. The van der Waals surface area contributed by atoms with Gasteiger partial charge in [-0.05, 0) is 18.1 Å². The summed E-state index contributed by atoms with van der Waals surface area (Å²) in [5, 5.41) is 12.7. The lowest BCUT2D eigenvalue weighted by molar-refractivity contribution is -0.122. The van der Waals surface area contributed by atoms with Gasteiger partial charge in [0.1, 0.15) is 6.54 Å².